The predicted octanol–water partition coefficient (Wildman–Crippen LogP) is -9.23. The molecule has 0 bridgehead atoms. The van der Waals surface area contributed by atoms with Crippen molar-refractivity contribution >= 4 is 38.1 Å². The number of halogens is 6. The standard InChI is InChI=1S/6ClH.2K.Pd/h6*1H;;;/q;;;;;;2*+1;+4/p-6. The minimum atomic E-state index is -2.81. The molecule has 0 aromatic heterocycles. The zero-order chi connectivity index (χ0) is 4.50. The molecule has 0 saturated heterocycles. The van der Waals surface area contributed by atoms with Gasteiger partial charge < -0.3 is 24.8 Å². The summed E-state index contributed by atoms with van der Waals surface area (Å²) < 4.78 is 0. The molecule has 0 heterocycles. The summed E-state index contributed by atoms with van der Waals surface area (Å²) in [5.74, 6) is 0. The third kappa shape index (κ3) is 57.9. The molecule has 9 heavy (non-hydrogen) atoms. The van der Waals surface area contributed by atoms with Crippen molar-refractivity contribution in [2.45, 2.75) is 0 Å². The molecule has 0 aliphatic heterocycles. The van der Waals surface area contributed by atoms with Gasteiger partial charge in [-0.05, 0) is 0 Å². The molecular weight excluding hydrogens is 397 g/mol. The molecule has 9 heteroatoms. The topological polar surface area (TPSA) is 0 Å². The number of hydrogen-bond acceptors (Lipinski definition) is 0. The minimum absolute atomic E-state index is 0. The van der Waals surface area contributed by atoms with Crippen LogP contribution in [0.25, 0.3) is 0 Å². The van der Waals surface area contributed by atoms with Crippen LogP contribution in [0, 0.1) is 0 Å². The van der Waals surface area contributed by atoms with Crippen LogP contribution in [0.5, 0.6) is 0 Å². The summed E-state index contributed by atoms with van der Waals surface area (Å²) in [6.07, 6.45) is 0. The maximum atomic E-state index is 4.98. The Morgan fingerprint density at radius 2 is 0.667 bits per heavy atom. The van der Waals surface area contributed by atoms with E-state index in [1.165, 1.54) is 0 Å². The van der Waals surface area contributed by atoms with E-state index in [4.69, 9.17) is 38.1 Å². The van der Waals surface area contributed by atoms with Crippen LogP contribution in [-0.4, -0.2) is 0 Å². The smallest absolute Gasteiger partial charge is 1.00 e. The van der Waals surface area contributed by atoms with Gasteiger partial charge in [0.25, 0.3) is 0 Å². The van der Waals surface area contributed by atoms with E-state index in [-0.39, 0.29) is 128 Å². The van der Waals surface area contributed by atoms with E-state index in [1.807, 2.05) is 0 Å². The zero-order valence-electron chi connectivity index (χ0n) is 4.58. The van der Waals surface area contributed by atoms with Crippen molar-refractivity contribution in [3.05, 3.63) is 0 Å². The van der Waals surface area contributed by atoms with Crippen molar-refractivity contribution in [1.29, 1.82) is 0 Å². The van der Waals surface area contributed by atoms with Gasteiger partial charge in [0.05, 0.1) is 0 Å². The third-order valence-corrected chi connectivity index (χ3v) is 0. The van der Waals surface area contributed by atoms with Crippen molar-refractivity contribution in [3.63, 3.8) is 0 Å². The molecule has 0 fully saturated rings. The van der Waals surface area contributed by atoms with Crippen LogP contribution in [0.4, 0.5) is 0 Å². The van der Waals surface area contributed by atoms with Gasteiger partial charge in [-0.3, -0.25) is 0 Å². The van der Waals surface area contributed by atoms with Crippen molar-refractivity contribution in [2.24, 2.45) is 0 Å². The van der Waals surface area contributed by atoms with Gasteiger partial charge in [0.1, 0.15) is 0 Å². The summed E-state index contributed by atoms with van der Waals surface area (Å²) in [6.45, 7) is 0. The van der Waals surface area contributed by atoms with E-state index >= 15 is 0 Å². The summed E-state index contributed by atoms with van der Waals surface area (Å²) in [4.78, 5) is 0. The van der Waals surface area contributed by atoms with Crippen molar-refractivity contribution in [2.75, 3.05) is 0 Å². The molecule has 0 aromatic carbocycles. The molecule has 54 valence electrons. The van der Waals surface area contributed by atoms with Crippen LogP contribution in [0.15, 0.2) is 0 Å². The summed E-state index contributed by atoms with van der Waals surface area (Å²) in [7, 11) is 19.9. The van der Waals surface area contributed by atoms with Gasteiger partial charge in [-0.1, -0.05) is 0 Å². The second kappa shape index (κ2) is 16.1. The van der Waals surface area contributed by atoms with Crippen LogP contribution in [0.3, 0.4) is 0 Å². The van der Waals surface area contributed by atoms with E-state index in [0.717, 1.165) is 0 Å². The van der Waals surface area contributed by atoms with Gasteiger partial charge in [0.15, 0.2) is 0 Å². The molecular formula is Cl6K2Pd. The second-order valence-corrected chi connectivity index (χ2v) is 14.4. The normalized spacial score (nSPS) is 8.44. The van der Waals surface area contributed by atoms with Crippen molar-refractivity contribution < 1.29 is 139 Å². The Labute approximate surface area is 171 Å². The van der Waals surface area contributed by atoms with Gasteiger partial charge >= 0.3 is 152 Å². The van der Waals surface area contributed by atoms with Gasteiger partial charge in [-0.25, -0.2) is 0 Å². The van der Waals surface area contributed by atoms with Crippen molar-refractivity contribution in [3.8, 4) is 0 Å². The molecule has 0 amide bonds. The monoisotopic (exact) mass is 394 g/mol. The largest absolute Gasteiger partial charge is 1.00 e. The van der Waals surface area contributed by atoms with Gasteiger partial charge in [-0.2, -0.15) is 0 Å². The fourth-order valence-corrected chi connectivity index (χ4v) is 0. The molecule has 0 spiro atoms. The van der Waals surface area contributed by atoms with Crippen LogP contribution in [0.1, 0.15) is 0 Å². The maximum absolute atomic E-state index is 4.98. The third-order valence-electron chi connectivity index (χ3n) is 0. The fraction of sp³-hybridized carbons (Fsp3) is 0. The van der Waals surface area contributed by atoms with E-state index in [2.05, 4.69) is 0 Å². The van der Waals surface area contributed by atoms with Gasteiger partial charge in [-0.15, -0.1) is 0 Å². The van der Waals surface area contributed by atoms with Crippen LogP contribution < -0.4 is 128 Å². The first-order valence-electron chi connectivity index (χ1n) is 0.478. The average Bonchev–Trinajstić information content (AvgIpc) is 0.722. The van der Waals surface area contributed by atoms with E-state index in [9.17, 15) is 0 Å². The first-order chi connectivity index (χ1) is 2.00. The van der Waals surface area contributed by atoms with Crippen LogP contribution in [-0.2, 0) is 11.5 Å². The molecule has 0 aromatic rings. The summed E-state index contributed by atoms with van der Waals surface area (Å²) >= 11 is -2.81. The number of rotatable bonds is 0. The quantitative estimate of drug-likeness (QED) is 0.357. The number of hydrogen-bond donors (Lipinski definition) is 0. The second-order valence-electron chi connectivity index (χ2n) is 0.271. The van der Waals surface area contributed by atoms with Crippen LogP contribution in [0.2, 0.25) is 0 Å². The van der Waals surface area contributed by atoms with E-state index < -0.39 is 11.5 Å². The molecule has 0 rings (SSSR count). The van der Waals surface area contributed by atoms with Crippen molar-refractivity contribution in [1.82, 2.24) is 0 Å². The molecule has 0 aliphatic carbocycles. The zero-order valence-corrected chi connectivity index (χ0v) is 16.9. The fourth-order valence-electron chi connectivity index (χ4n) is 0. The van der Waals surface area contributed by atoms with Gasteiger partial charge in [0, 0.05) is 0 Å². The predicted molar refractivity (Wildman–Crippen MR) is 23.4 cm³/mol. The Bertz CT molecular complexity index is 26.5. The molecule has 0 radical (unpaired) electrons. The Morgan fingerprint density at radius 3 is 0.667 bits per heavy atom. The summed E-state index contributed by atoms with van der Waals surface area (Å²) in [6, 6.07) is 0. The first kappa shape index (κ1) is 29.3. The van der Waals surface area contributed by atoms with E-state index in [0.29, 0.717) is 0 Å². The Morgan fingerprint density at radius 1 is 0.667 bits per heavy atom. The minimum Gasteiger partial charge on any atom is 1.00 e. The molecule has 0 unspecified atom stereocenters. The Hall–Kier alpha value is 5.68. The maximum Gasteiger partial charge on any atom is 1.00 e. The molecule has 0 saturated carbocycles. The van der Waals surface area contributed by atoms with E-state index in [1.54, 1.807) is 0 Å². The first-order valence-corrected chi connectivity index (χ1v) is 8.49. The molecule has 0 aliphatic rings. The molecule has 0 nitrogen and oxygen atoms in total. The Balaban J connectivity index is -0.0000000133. The molecule has 0 N–H and O–H groups in total. The Kier molecular flexibility index (Phi) is 52.5. The van der Waals surface area contributed by atoms with Gasteiger partial charge in [0.2, 0.25) is 0 Å². The average molecular weight is 397 g/mol. The van der Waals surface area contributed by atoms with Crippen LogP contribution >= 0.6 is 38.1 Å². The SMILES string of the molecule is [Cl-].[Cl-].[Cl][Pd]([Cl])([Cl])[Cl].[K+].[K+]. The summed E-state index contributed by atoms with van der Waals surface area (Å²) in [5, 5.41) is 0. The summed E-state index contributed by atoms with van der Waals surface area (Å²) in [5.41, 5.74) is 0. The molecule has 0 atom stereocenters.